The van der Waals surface area contributed by atoms with Crippen LogP contribution in [0.3, 0.4) is 0 Å². The number of carbonyl (C=O) groups is 2. The van der Waals surface area contributed by atoms with Gasteiger partial charge in [0.1, 0.15) is 0 Å². The van der Waals surface area contributed by atoms with Gasteiger partial charge in [0.05, 0.1) is 12.1 Å². The first-order chi connectivity index (χ1) is 8.80. The molecule has 1 aromatic rings. The standard InChI is InChI=1S/C11H15O6PS/c12-10(13)4-3-8(11(14)15)6-18(16,17)7-9-2-1-5-19-9/h1-2,5,8H,3-4,6-7H2,(H,12,13)(H,14,15)(H,16,17). The molecule has 0 aliphatic carbocycles. The molecule has 0 fully saturated rings. The van der Waals surface area contributed by atoms with Gasteiger partial charge in [0.15, 0.2) is 0 Å². The van der Waals surface area contributed by atoms with Gasteiger partial charge in [-0.05, 0) is 17.9 Å². The topological polar surface area (TPSA) is 112 Å². The monoisotopic (exact) mass is 306 g/mol. The summed E-state index contributed by atoms with van der Waals surface area (Å²) in [6.45, 7) is 0. The van der Waals surface area contributed by atoms with Crippen LogP contribution in [0.2, 0.25) is 0 Å². The van der Waals surface area contributed by atoms with Gasteiger partial charge in [-0.1, -0.05) is 6.07 Å². The third kappa shape index (κ3) is 6.00. The molecule has 2 atom stereocenters. The van der Waals surface area contributed by atoms with E-state index in [1.807, 2.05) is 0 Å². The summed E-state index contributed by atoms with van der Waals surface area (Å²) in [7, 11) is -3.61. The average molecular weight is 306 g/mol. The zero-order chi connectivity index (χ0) is 14.5. The minimum absolute atomic E-state index is 0.0679. The van der Waals surface area contributed by atoms with E-state index in [9.17, 15) is 19.0 Å². The predicted molar refractivity (Wildman–Crippen MR) is 70.7 cm³/mol. The Hall–Kier alpha value is -1.17. The molecule has 0 spiro atoms. The Morgan fingerprint density at radius 2 is 2.05 bits per heavy atom. The van der Waals surface area contributed by atoms with Crippen LogP contribution in [0.5, 0.6) is 0 Å². The van der Waals surface area contributed by atoms with Crippen molar-refractivity contribution in [2.24, 2.45) is 5.92 Å². The van der Waals surface area contributed by atoms with Gasteiger partial charge in [0.25, 0.3) is 0 Å². The number of hydrogen-bond donors (Lipinski definition) is 3. The number of carboxylic acid groups (broad SMARTS) is 2. The second-order valence-corrected chi connectivity index (χ2v) is 7.64. The first kappa shape index (κ1) is 15.9. The van der Waals surface area contributed by atoms with Crippen molar-refractivity contribution in [2.75, 3.05) is 6.16 Å². The lowest BCUT2D eigenvalue weighted by molar-refractivity contribution is -0.142. The Morgan fingerprint density at radius 3 is 2.53 bits per heavy atom. The highest BCUT2D eigenvalue weighted by atomic mass is 32.1. The summed E-state index contributed by atoms with van der Waals surface area (Å²) in [5.74, 6) is -3.45. The second kappa shape index (κ2) is 6.84. The maximum Gasteiger partial charge on any atom is 0.307 e. The fourth-order valence-corrected chi connectivity index (χ4v) is 4.79. The summed E-state index contributed by atoms with van der Waals surface area (Å²) < 4.78 is 12.0. The lowest BCUT2D eigenvalue weighted by Gasteiger charge is -2.16. The maximum absolute atomic E-state index is 12.0. The van der Waals surface area contributed by atoms with Crippen molar-refractivity contribution in [1.29, 1.82) is 0 Å². The van der Waals surface area contributed by atoms with Gasteiger partial charge < -0.3 is 15.1 Å². The summed E-state index contributed by atoms with van der Waals surface area (Å²) >= 11 is 1.33. The van der Waals surface area contributed by atoms with E-state index in [2.05, 4.69) is 0 Å². The van der Waals surface area contributed by atoms with Crippen LogP contribution < -0.4 is 0 Å². The zero-order valence-corrected chi connectivity index (χ0v) is 11.8. The zero-order valence-electron chi connectivity index (χ0n) is 10.1. The maximum atomic E-state index is 12.0. The molecule has 0 aromatic carbocycles. The van der Waals surface area contributed by atoms with E-state index in [-0.39, 0.29) is 19.0 Å². The molecule has 2 unspecified atom stereocenters. The van der Waals surface area contributed by atoms with E-state index in [1.54, 1.807) is 17.5 Å². The highest BCUT2D eigenvalue weighted by molar-refractivity contribution is 7.57. The SMILES string of the molecule is O=C(O)CCC(CP(=O)(O)Cc1cccs1)C(=O)O. The van der Waals surface area contributed by atoms with E-state index in [0.717, 1.165) is 0 Å². The summed E-state index contributed by atoms with van der Waals surface area (Å²) in [5, 5.41) is 19.3. The highest BCUT2D eigenvalue weighted by Crippen LogP contribution is 2.47. The van der Waals surface area contributed by atoms with Gasteiger partial charge >= 0.3 is 11.9 Å². The molecule has 1 aromatic heterocycles. The normalized spacial score (nSPS) is 15.6. The Labute approximate surface area is 114 Å². The van der Waals surface area contributed by atoms with Crippen LogP contribution in [0.4, 0.5) is 0 Å². The minimum atomic E-state index is -3.61. The molecule has 1 rings (SSSR count). The number of thiophene rings is 1. The molecule has 0 radical (unpaired) electrons. The smallest absolute Gasteiger partial charge is 0.307 e. The molecular weight excluding hydrogens is 291 g/mol. The Kier molecular flexibility index (Phi) is 5.72. The molecule has 106 valence electrons. The van der Waals surface area contributed by atoms with Crippen molar-refractivity contribution in [3.05, 3.63) is 22.4 Å². The third-order valence-corrected chi connectivity index (χ3v) is 5.48. The quantitative estimate of drug-likeness (QED) is 0.634. The minimum Gasteiger partial charge on any atom is -0.481 e. The number of aliphatic carboxylic acids is 2. The predicted octanol–water partition coefficient (Wildman–Crippen LogP) is 2.08. The fraction of sp³-hybridized carbons (Fsp3) is 0.455. The van der Waals surface area contributed by atoms with Crippen molar-refractivity contribution in [3.63, 3.8) is 0 Å². The molecule has 0 amide bonds. The molecule has 0 bridgehead atoms. The van der Waals surface area contributed by atoms with Crippen molar-refractivity contribution in [2.45, 2.75) is 19.0 Å². The Balaban J connectivity index is 2.63. The second-order valence-electron chi connectivity index (χ2n) is 4.23. The molecule has 0 aliphatic rings. The largest absolute Gasteiger partial charge is 0.481 e. The lowest BCUT2D eigenvalue weighted by Crippen LogP contribution is -2.19. The van der Waals surface area contributed by atoms with Crippen molar-refractivity contribution < 1.29 is 29.3 Å². The van der Waals surface area contributed by atoms with Gasteiger partial charge in [-0.3, -0.25) is 14.2 Å². The van der Waals surface area contributed by atoms with Crippen LogP contribution in [0.15, 0.2) is 17.5 Å². The van der Waals surface area contributed by atoms with E-state index in [4.69, 9.17) is 10.2 Å². The Bertz CT molecular complexity index is 483. The van der Waals surface area contributed by atoms with Crippen molar-refractivity contribution >= 4 is 30.6 Å². The molecule has 19 heavy (non-hydrogen) atoms. The van der Waals surface area contributed by atoms with Crippen molar-refractivity contribution in [1.82, 2.24) is 0 Å². The first-order valence-electron chi connectivity index (χ1n) is 5.58. The van der Waals surface area contributed by atoms with Crippen LogP contribution in [0, 0.1) is 5.92 Å². The summed E-state index contributed by atoms with van der Waals surface area (Å²) in [5.41, 5.74) is 0. The summed E-state index contributed by atoms with van der Waals surface area (Å²) in [6, 6.07) is 3.46. The third-order valence-electron chi connectivity index (χ3n) is 2.54. The molecule has 8 heteroatoms. The van der Waals surface area contributed by atoms with Crippen LogP contribution >= 0.6 is 18.7 Å². The van der Waals surface area contributed by atoms with Crippen LogP contribution in [0.1, 0.15) is 17.7 Å². The Morgan fingerprint density at radius 1 is 1.37 bits per heavy atom. The number of hydrogen-bond acceptors (Lipinski definition) is 4. The molecule has 1 heterocycles. The van der Waals surface area contributed by atoms with Gasteiger partial charge in [-0.25, -0.2) is 0 Å². The number of carboxylic acids is 2. The van der Waals surface area contributed by atoms with Gasteiger partial charge in [-0.15, -0.1) is 11.3 Å². The van der Waals surface area contributed by atoms with Gasteiger partial charge in [0.2, 0.25) is 7.37 Å². The van der Waals surface area contributed by atoms with Gasteiger partial charge in [-0.2, -0.15) is 0 Å². The van der Waals surface area contributed by atoms with E-state index >= 15 is 0 Å². The molecule has 0 saturated heterocycles. The first-order valence-corrected chi connectivity index (χ1v) is 8.49. The molecular formula is C11H15O6PS. The van der Waals surface area contributed by atoms with Crippen molar-refractivity contribution in [3.8, 4) is 0 Å². The summed E-state index contributed by atoms with van der Waals surface area (Å²) in [4.78, 5) is 31.9. The van der Waals surface area contributed by atoms with Crippen LogP contribution in [0.25, 0.3) is 0 Å². The molecule has 3 N–H and O–H groups in total. The van der Waals surface area contributed by atoms with E-state index < -0.39 is 31.4 Å². The lowest BCUT2D eigenvalue weighted by atomic mass is 10.1. The fourth-order valence-electron chi connectivity index (χ4n) is 1.65. The number of rotatable bonds is 8. The molecule has 0 saturated carbocycles. The van der Waals surface area contributed by atoms with Crippen LogP contribution in [-0.4, -0.2) is 33.2 Å². The van der Waals surface area contributed by atoms with E-state index in [0.29, 0.717) is 4.88 Å². The van der Waals surface area contributed by atoms with E-state index in [1.165, 1.54) is 11.3 Å². The molecule has 6 nitrogen and oxygen atoms in total. The average Bonchev–Trinajstić information content (AvgIpc) is 2.75. The molecule has 0 aliphatic heterocycles. The highest BCUT2D eigenvalue weighted by Gasteiger charge is 2.29. The summed E-state index contributed by atoms with van der Waals surface area (Å²) in [6.07, 6.45) is -0.926. The van der Waals surface area contributed by atoms with Crippen LogP contribution in [-0.2, 0) is 20.3 Å². The van der Waals surface area contributed by atoms with Gasteiger partial charge in [0, 0.05) is 17.5 Å².